The van der Waals surface area contributed by atoms with E-state index in [9.17, 15) is 14.0 Å². The van der Waals surface area contributed by atoms with Crippen LogP contribution in [0.5, 0.6) is 0 Å². The summed E-state index contributed by atoms with van der Waals surface area (Å²) in [5.41, 5.74) is 0.741. The lowest BCUT2D eigenvalue weighted by atomic mass is 9.99. The first-order valence-corrected chi connectivity index (χ1v) is 5.27. The predicted molar refractivity (Wildman–Crippen MR) is 58.2 cm³/mol. The number of benzene rings is 1. The zero-order valence-electron chi connectivity index (χ0n) is 9.31. The maximum absolute atomic E-state index is 13.3. The molecule has 0 saturated carbocycles. The topological polar surface area (TPSA) is 57.6 Å². The van der Waals surface area contributed by atoms with E-state index < -0.39 is 17.7 Å². The Morgan fingerprint density at radius 2 is 2.06 bits per heavy atom. The Morgan fingerprint density at radius 3 is 2.59 bits per heavy atom. The summed E-state index contributed by atoms with van der Waals surface area (Å²) in [4.78, 5) is 23.8. The average molecular weight is 237 g/mol. The van der Waals surface area contributed by atoms with Crippen LogP contribution in [0.2, 0.25) is 0 Å². The number of carboxylic acids is 1. The van der Waals surface area contributed by atoms with Gasteiger partial charge in [-0.2, -0.15) is 0 Å². The molecule has 1 aromatic rings. The first-order chi connectivity index (χ1) is 7.99. The molecule has 1 aromatic carbocycles. The zero-order valence-corrected chi connectivity index (χ0v) is 9.31. The summed E-state index contributed by atoms with van der Waals surface area (Å²) in [7, 11) is 0. The number of nitrogens with zero attached hydrogens (tertiary/aromatic N) is 1. The molecule has 1 saturated heterocycles. The van der Waals surface area contributed by atoms with Crippen molar-refractivity contribution in [3.05, 3.63) is 35.1 Å². The number of likely N-dealkylation sites (tertiary alicyclic amines) is 1. The predicted octanol–water partition coefficient (Wildman–Crippen LogP) is 1.29. The van der Waals surface area contributed by atoms with Crippen molar-refractivity contribution in [2.24, 2.45) is 5.92 Å². The Morgan fingerprint density at radius 1 is 1.41 bits per heavy atom. The number of rotatable bonds is 2. The number of carboxylic acid groups (broad SMARTS) is 1. The molecule has 0 unspecified atom stereocenters. The van der Waals surface area contributed by atoms with Gasteiger partial charge in [-0.25, -0.2) is 4.39 Å². The molecular formula is C12H12FNO3. The monoisotopic (exact) mass is 237 g/mol. The highest BCUT2D eigenvalue weighted by molar-refractivity contribution is 5.95. The van der Waals surface area contributed by atoms with Crippen molar-refractivity contribution in [1.29, 1.82) is 0 Å². The first kappa shape index (κ1) is 11.6. The minimum Gasteiger partial charge on any atom is -0.481 e. The van der Waals surface area contributed by atoms with Crippen LogP contribution in [0.3, 0.4) is 0 Å². The fraction of sp³-hybridized carbons (Fsp3) is 0.333. The second-order valence-corrected chi connectivity index (χ2v) is 4.21. The molecule has 90 valence electrons. The lowest BCUT2D eigenvalue weighted by Crippen LogP contribution is -2.53. The minimum atomic E-state index is -0.899. The van der Waals surface area contributed by atoms with Crippen molar-refractivity contribution in [3.63, 3.8) is 0 Å². The van der Waals surface area contributed by atoms with E-state index in [-0.39, 0.29) is 24.6 Å². The fourth-order valence-electron chi connectivity index (χ4n) is 1.71. The van der Waals surface area contributed by atoms with Gasteiger partial charge in [0.2, 0.25) is 0 Å². The number of carbonyl (C=O) groups is 2. The highest BCUT2D eigenvalue weighted by atomic mass is 19.1. The smallest absolute Gasteiger partial charge is 0.310 e. The summed E-state index contributed by atoms with van der Waals surface area (Å²) in [6.45, 7) is 2.01. The van der Waals surface area contributed by atoms with Crippen LogP contribution in [-0.2, 0) is 4.79 Å². The summed E-state index contributed by atoms with van der Waals surface area (Å²) >= 11 is 0. The highest BCUT2D eigenvalue weighted by Crippen LogP contribution is 2.19. The molecule has 1 aliphatic heterocycles. The van der Waals surface area contributed by atoms with Crippen LogP contribution < -0.4 is 0 Å². The van der Waals surface area contributed by atoms with Crippen LogP contribution >= 0.6 is 0 Å². The number of aliphatic carboxylic acids is 1. The molecule has 0 aromatic heterocycles. The van der Waals surface area contributed by atoms with Crippen LogP contribution in [0.1, 0.15) is 15.9 Å². The van der Waals surface area contributed by atoms with Gasteiger partial charge >= 0.3 is 5.97 Å². The second kappa shape index (κ2) is 4.16. The number of hydrogen-bond acceptors (Lipinski definition) is 2. The summed E-state index contributed by atoms with van der Waals surface area (Å²) in [6, 6.07) is 4.28. The third-order valence-electron chi connectivity index (χ3n) is 2.94. The van der Waals surface area contributed by atoms with E-state index in [1.807, 2.05) is 0 Å². The van der Waals surface area contributed by atoms with Crippen LogP contribution in [0.4, 0.5) is 4.39 Å². The van der Waals surface area contributed by atoms with Gasteiger partial charge in [-0.15, -0.1) is 0 Å². The molecule has 0 aliphatic carbocycles. The van der Waals surface area contributed by atoms with Crippen LogP contribution in [0.15, 0.2) is 18.2 Å². The van der Waals surface area contributed by atoms with Crippen molar-refractivity contribution in [2.45, 2.75) is 6.92 Å². The molecule has 1 N–H and O–H groups in total. The van der Waals surface area contributed by atoms with E-state index in [2.05, 4.69) is 0 Å². The highest BCUT2D eigenvalue weighted by Gasteiger charge is 2.35. The molecule has 1 aliphatic rings. The minimum absolute atomic E-state index is 0.198. The molecule has 17 heavy (non-hydrogen) atoms. The Bertz CT molecular complexity index is 481. The van der Waals surface area contributed by atoms with Gasteiger partial charge in [0.25, 0.3) is 5.91 Å². The number of amides is 1. The standard InChI is InChI=1S/C12H12FNO3/c1-7-2-3-8(4-10(7)13)11(15)14-5-9(6-14)12(16)17/h2-4,9H,5-6H2,1H3,(H,16,17). The number of aryl methyl sites for hydroxylation is 1. The van der Waals surface area contributed by atoms with Crippen molar-refractivity contribution < 1.29 is 19.1 Å². The number of hydrogen-bond donors (Lipinski definition) is 1. The van der Waals surface area contributed by atoms with Gasteiger partial charge in [0, 0.05) is 18.7 Å². The summed E-state index contributed by atoms with van der Waals surface area (Å²) < 4.78 is 13.3. The van der Waals surface area contributed by atoms with Gasteiger partial charge in [0.15, 0.2) is 0 Å². The molecule has 1 fully saturated rings. The Hall–Kier alpha value is -1.91. The van der Waals surface area contributed by atoms with E-state index in [4.69, 9.17) is 5.11 Å². The van der Waals surface area contributed by atoms with Gasteiger partial charge in [0.1, 0.15) is 5.82 Å². The summed E-state index contributed by atoms with van der Waals surface area (Å²) in [6.07, 6.45) is 0. The molecule has 0 bridgehead atoms. The van der Waals surface area contributed by atoms with Crippen molar-refractivity contribution in [1.82, 2.24) is 4.90 Å². The van der Waals surface area contributed by atoms with Gasteiger partial charge in [-0.3, -0.25) is 9.59 Å². The second-order valence-electron chi connectivity index (χ2n) is 4.21. The van der Waals surface area contributed by atoms with Crippen LogP contribution in [0.25, 0.3) is 0 Å². The lowest BCUT2D eigenvalue weighted by Gasteiger charge is -2.36. The summed E-state index contributed by atoms with van der Waals surface area (Å²) in [5.74, 6) is -2.13. The maximum Gasteiger partial charge on any atom is 0.310 e. The maximum atomic E-state index is 13.3. The molecule has 0 spiro atoms. The molecule has 0 radical (unpaired) electrons. The Labute approximate surface area is 97.7 Å². The average Bonchev–Trinajstić information content (AvgIpc) is 2.19. The van der Waals surface area contributed by atoms with Gasteiger partial charge in [-0.05, 0) is 24.6 Å². The Kier molecular flexibility index (Phi) is 2.83. The van der Waals surface area contributed by atoms with E-state index in [1.165, 1.54) is 17.0 Å². The van der Waals surface area contributed by atoms with Gasteiger partial charge < -0.3 is 10.0 Å². The SMILES string of the molecule is Cc1ccc(C(=O)N2CC(C(=O)O)C2)cc1F. The molecule has 1 heterocycles. The summed E-state index contributed by atoms with van der Waals surface area (Å²) in [5, 5.41) is 8.69. The van der Waals surface area contributed by atoms with Crippen LogP contribution in [0, 0.1) is 18.7 Å². The quantitative estimate of drug-likeness (QED) is 0.843. The number of carbonyl (C=O) groups excluding carboxylic acids is 1. The van der Waals surface area contributed by atoms with Gasteiger partial charge in [0.05, 0.1) is 5.92 Å². The molecule has 2 rings (SSSR count). The van der Waals surface area contributed by atoms with E-state index in [0.29, 0.717) is 5.56 Å². The van der Waals surface area contributed by atoms with Crippen molar-refractivity contribution in [3.8, 4) is 0 Å². The van der Waals surface area contributed by atoms with Crippen LogP contribution in [-0.4, -0.2) is 35.0 Å². The molecule has 5 heteroatoms. The number of halogens is 1. The van der Waals surface area contributed by atoms with Gasteiger partial charge in [-0.1, -0.05) is 6.07 Å². The molecular weight excluding hydrogens is 225 g/mol. The first-order valence-electron chi connectivity index (χ1n) is 5.27. The van der Waals surface area contributed by atoms with E-state index >= 15 is 0 Å². The molecule has 4 nitrogen and oxygen atoms in total. The molecule has 1 amide bonds. The third kappa shape index (κ3) is 2.13. The Balaban J connectivity index is 2.06. The largest absolute Gasteiger partial charge is 0.481 e. The normalized spacial score (nSPS) is 15.5. The fourth-order valence-corrected chi connectivity index (χ4v) is 1.71. The van der Waals surface area contributed by atoms with Crippen molar-refractivity contribution in [2.75, 3.05) is 13.1 Å². The van der Waals surface area contributed by atoms with Crippen molar-refractivity contribution >= 4 is 11.9 Å². The zero-order chi connectivity index (χ0) is 12.6. The van der Waals surface area contributed by atoms with E-state index in [0.717, 1.165) is 0 Å². The lowest BCUT2D eigenvalue weighted by molar-refractivity contribution is -0.146. The molecule has 0 atom stereocenters. The third-order valence-corrected chi connectivity index (χ3v) is 2.94. The van der Waals surface area contributed by atoms with E-state index in [1.54, 1.807) is 13.0 Å².